The molecule has 13 heteroatoms. The predicted octanol–water partition coefficient (Wildman–Crippen LogP) is 3.77. The number of amides is 1. The Morgan fingerprint density at radius 3 is 2.59 bits per heavy atom. The fraction of sp³-hybridized carbons (Fsp3) is 0.250. The van der Waals surface area contributed by atoms with Crippen LogP contribution < -0.4 is 5.32 Å². The lowest BCUT2D eigenvalue weighted by molar-refractivity contribution is -0.138. The molecule has 1 saturated heterocycles. The number of hydrogen-bond acceptors (Lipinski definition) is 7. The molecular formula is C24H20F3N5O4S. The Labute approximate surface area is 209 Å². The molecule has 1 aromatic carbocycles. The standard InChI is InChI=1S/C24H20F3N5O4S/c25-24(26,27)17-12-29-22(30-13-17)16-7-8-28-18(10-16)14-31-23(33)19-5-3-9-32(19)37(34,35)21-11-15-4-1-2-6-20(15)36-21/h1-2,4,6-8,10-13,19H,3,5,9,14H2,(H,31,33). The van der Waals surface area contributed by atoms with Gasteiger partial charge in [-0.25, -0.2) is 18.4 Å². The monoisotopic (exact) mass is 531 g/mol. The van der Waals surface area contributed by atoms with Crippen LogP contribution in [0.5, 0.6) is 0 Å². The summed E-state index contributed by atoms with van der Waals surface area (Å²) in [5, 5.41) is 3.12. The largest absolute Gasteiger partial charge is 0.443 e. The number of alkyl halides is 3. The van der Waals surface area contributed by atoms with Crippen molar-refractivity contribution in [1.82, 2.24) is 24.6 Å². The van der Waals surface area contributed by atoms with Crippen LogP contribution in [-0.4, -0.2) is 46.2 Å². The summed E-state index contributed by atoms with van der Waals surface area (Å²) in [6.07, 6.45) is -0.874. The highest BCUT2D eigenvalue weighted by molar-refractivity contribution is 7.89. The van der Waals surface area contributed by atoms with Crippen LogP contribution in [0.2, 0.25) is 0 Å². The van der Waals surface area contributed by atoms with Crippen LogP contribution in [-0.2, 0) is 27.5 Å². The molecule has 1 amide bonds. The maximum Gasteiger partial charge on any atom is 0.419 e. The molecule has 1 atom stereocenters. The van der Waals surface area contributed by atoms with Crippen LogP contribution in [0.25, 0.3) is 22.4 Å². The molecule has 1 aliphatic rings. The maximum absolute atomic E-state index is 13.2. The number of furan rings is 1. The van der Waals surface area contributed by atoms with Crippen molar-refractivity contribution in [1.29, 1.82) is 0 Å². The molecule has 1 N–H and O–H groups in total. The number of fused-ring (bicyclic) bond motifs is 1. The molecule has 0 aliphatic carbocycles. The number of pyridine rings is 1. The number of benzene rings is 1. The molecule has 1 unspecified atom stereocenters. The van der Waals surface area contributed by atoms with E-state index in [1.807, 2.05) is 0 Å². The van der Waals surface area contributed by atoms with Crippen LogP contribution in [0.1, 0.15) is 24.1 Å². The van der Waals surface area contributed by atoms with Crippen molar-refractivity contribution in [3.8, 4) is 11.4 Å². The number of halogens is 3. The first-order valence-electron chi connectivity index (χ1n) is 11.3. The summed E-state index contributed by atoms with van der Waals surface area (Å²) in [7, 11) is -4.04. The van der Waals surface area contributed by atoms with Gasteiger partial charge in [0.05, 0.1) is 17.8 Å². The summed E-state index contributed by atoms with van der Waals surface area (Å²) >= 11 is 0. The normalized spacial score (nSPS) is 16.8. The quantitative estimate of drug-likeness (QED) is 0.402. The van der Waals surface area contributed by atoms with Gasteiger partial charge in [0, 0.05) is 42.2 Å². The number of hydrogen-bond donors (Lipinski definition) is 1. The summed E-state index contributed by atoms with van der Waals surface area (Å²) in [5.74, 6) is -0.419. The Hall–Kier alpha value is -3.84. The number of aromatic nitrogens is 3. The van der Waals surface area contributed by atoms with Crippen molar-refractivity contribution in [2.24, 2.45) is 0 Å². The van der Waals surface area contributed by atoms with Gasteiger partial charge in [0.15, 0.2) is 5.82 Å². The van der Waals surface area contributed by atoms with E-state index < -0.39 is 33.7 Å². The molecule has 37 heavy (non-hydrogen) atoms. The summed E-state index contributed by atoms with van der Waals surface area (Å²) in [6.45, 7) is 0.152. The molecular weight excluding hydrogens is 511 g/mol. The van der Waals surface area contributed by atoms with Gasteiger partial charge in [0.25, 0.3) is 10.0 Å². The predicted molar refractivity (Wildman–Crippen MR) is 125 cm³/mol. The Morgan fingerprint density at radius 1 is 1.11 bits per heavy atom. The molecule has 9 nitrogen and oxygen atoms in total. The SMILES string of the molecule is O=C(NCc1cc(-c2ncc(C(F)(F)F)cn2)ccn1)C1CCCN1S(=O)(=O)c1cc2ccccc2o1. The van der Waals surface area contributed by atoms with Gasteiger partial charge < -0.3 is 9.73 Å². The Bertz CT molecular complexity index is 1520. The molecule has 0 spiro atoms. The number of sulfonamides is 1. The summed E-state index contributed by atoms with van der Waals surface area (Å²) in [5.41, 5.74) is 0.294. The minimum Gasteiger partial charge on any atom is -0.443 e. The van der Waals surface area contributed by atoms with Crippen molar-refractivity contribution in [2.45, 2.75) is 36.7 Å². The Morgan fingerprint density at radius 2 is 1.86 bits per heavy atom. The van der Waals surface area contributed by atoms with E-state index in [0.29, 0.717) is 47.5 Å². The van der Waals surface area contributed by atoms with Gasteiger partial charge >= 0.3 is 6.18 Å². The van der Waals surface area contributed by atoms with E-state index in [-0.39, 0.29) is 24.0 Å². The highest BCUT2D eigenvalue weighted by atomic mass is 32.2. The van der Waals surface area contributed by atoms with Gasteiger partial charge in [-0.1, -0.05) is 18.2 Å². The first-order chi connectivity index (χ1) is 17.6. The molecule has 192 valence electrons. The zero-order valence-corrected chi connectivity index (χ0v) is 20.0. The van der Waals surface area contributed by atoms with Crippen LogP contribution >= 0.6 is 0 Å². The second-order valence-electron chi connectivity index (χ2n) is 8.42. The lowest BCUT2D eigenvalue weighted by Crippen LogP contribution is -2.45. The van der Waals surface area contributed by atoms with Crippen LogP contribution in [0, 0.1) is 0 Å². The van der Waals surface area contributed by atoms with Crippen LogP contribution in [0.3, 0.4) is 0 Å². The molecule has 4 aromatic rings. The number of nitrogens with one attached hydrogen (secondary N) is 1. The third-order valence-corrected chi connectivity index (χ3v) is 7.73. The molecule has 0 saturated carbocycles. The lowest BCUT2D eigenvalue weighted by Gasteiger charge is -2.22. The van der Waals surface area contributed by atoms with Crippen molar-refractivity contribution in [2.75, 3.05) is 6.54 Å². The second kappa shape index (κ2) is 9.56. The summed E-state index contributed by atoms with van der Waals surface area (Å²) in [6, 6.07) is 10.5. The van der Waals surface area contributed by atoms with E-state index in [4.69, 9.17) is 4.42 Å². The fourth-order valence-electron chi connectivity index (χ4n) is 4.12. The van der Waals surface area contributed by atoms with Crippen molar-refractivity contribution < 1.29 is 30.8 Å². The number of carbonyl (C=O) groups excluding carboxylic acids is 1. The number of para-hydroxylation sites is 1. The summed E-state index contributed by atoms with van der Waals surface area (Å²) < 4.78 is 71.4. The number of nitrogens with zero attached hydrogens (tertiary/aromatic N) is 4. The van der Waals surface area contributed by atoms with Crippen LogP contribution in [0.15, 0.2) is 70.6 Å². The van der Waals surface area contributed by atoms with E-state index in [9.17, 15) is 26.4 Å². The molecule has 4 heterocycles. The van der Waals surface area contributed by atoms with Gasteiger partial charge in [0.1, 0.15) is 11.6 Å². The minimum absolute atomic E-state index is 0.0255. The summed E-state index contributed by atoms with van der Waals surface area (Å²) in [4.78, 5) is 24.7. The molecule has 5 rings (SSSR count). The van der Waals surface area contributed by atoms with E-state index in [2.05, 4.69) is 20.3 Å². The zero-order valence-electron chi connectivity index (χ0n) is 19.1. The molecule has 3 aromatic heterocycles. The Balaban J connectivity index is 1.28. The highest BCUT2D eigenvalue weighted by Gasteiger charge is 2.41. The van der Waals surface area contributed by atoms with Gasteiger partial charge in [-0.2, -0.15) is 17.5 Å². The van der Waals surface area contributed by atoms with E-state index in [0.717, 1.165) is 4.31 Å². The number of carbonyl (C=O) groups is 1. The van der Waals surface area contributed by atoms with Crippen molar-refractivity contribution in [3.63, 3.8) is 0 Å². The Kier molecular flexibility index (Phi) is 6.42. The van der Waals surface area contributed by atoms with Crippen molar-refractivity contribution in [3.05, 3.63) is 72.3 Å². The van der Waals surface area contributed by atoms with Gasteiger partial charge in [0.2, 0.25) is 11.0 Å². The van der Waals surface area contributed by atoms with Gasteiger partial charge in [-0.05, 0) is 31.0 Å². The average molecular weight is 532 g/mol. The first-order valence-corrected chi connectivity index (χ1v) is 12.7. The van der Waals surface area contributed by atoms with Crippen molar-refractivity contribution >= 4 is 26.9 Å². The second-order valence-corrected chi connectivity index (χ2v) is 10.2. The lowest BCUT2D eigenvalue weighted by atomic mass is 10.2. The smallest absolute Gasteiger partial charge is 0.419 e. The molecule has 0 radical (unpaired) electrons. The van der Waals surface area contributed by atoms with Gasteiger partial charge in [-0.3, -0.25) is 9.78 Å². The zero-order chi connectivity index (χ0) is 26.2. The minimum atomic E-state index is -4.54. The van der Waals surface area contributed by atoms with Gasteiger partial charge in [-0.15, -0.1) is 0 Å². The average Bonchev–Trinajstić information content (AvgIpc) is 3.55. The maximum atomic E-state index is 13.2. The van der Waals surface area contributed by atoms with Crippen LogP contribution in [0.4, 0.5) is 13.2 Å². The molecule has 0 bridgehead atoms. The van der Waals surface area contributed by atoms with E-state index in [1.54, 1.807) is 30.3 Å². The third kappa shape index (κ3) is 5.04. The first kappa shape index (κ1) is 24.8. The number of rotatable bonds is 6. The van der Waals surface area contributed by atoms with E-state index >= 15 is 0 Å². The molecule has 1 fully saturated rings. The third-order valence-electron chi connectivity index (χ3n) is 5.97. The highest BCUT2D eigenvalue weighted by Crippen LogP contribution is 2.31. The van der Waals surface area contributed by atoms with E-state index in [1.165, 1.54) is 18.3 Å². The molecule has 1 aliphatic heterocycles. The topological polar surface area (TPSA) is 118 Å². The fourth-order valence-corrected chi connectivity index (χ4v) is 5.73.